The molecule has 0 spiro atoms. The topological polar surface area (TPSA) is 90.1 Å². The van der Waals surface area contributed by atoms with Crippen molar-refractivity contribution in [3.05, 3.63) is 83.7 Å². The summed E-state index contributed by atoms with van der Waals surface area (Å²) in [6.07, 6.45) is 7.40. The van der Waals surface area contributed by atoms with E-state index in [2.05, 4.69) is 39.6 Å². The van der Waals surface area contributed by atoms with Crippen LogP contribution in [0.4, 0.5) is 10.7 Å². The number of rotatable bonds is 6. The quantitative estimate of drug-likeness (QED) is 0.625. The fourth-order valence-electron chi connectivity index (χ4n) is 3.56. The monoisotopic (exact) mass is 386 g/mol. The van der Waals surface area contributed by atoms with Crippen LogP contribution in [0, 0.1) is 0 Å². The molecule has 0 fully saturated rings. The number of nitrogens with two attached hydrogens (primary N) is 1. The van der Waals surface area contributed by atoms with Gasteiger partial charge in [-0.05, 0) is 28.7 Å². The van der Waals surface area contributed by atoms with Gasteiger partial charge in [-0.2, -0.15) is 0 Å². The number of benzene rings is 2. The molecule has 1 aliphatic carbocycles. The van der Waals surface area contributed by atoms with Gasteiger partial charge in [-0.15, -0.1) is 0 Å². The Kier molecular flexibility index (Phi) is 5.52. The number of hydrogen-bond acceptors (Lipinski definition) is 5. The van der Waals surface area contributed by atoms with Gasteiger partial charge in [0.05, 0.1) is 0 Å². The third-order valence-electron chi connectivity index (χ3n) is 4.93. The summed E-state index contributed by atoms with van der Waals surface area (Å²) in [5.74, 6) is 0.317. The first-order valence-electron chi connectivity index (χ1n) is 9.55. The summed E-state index contributed by atoms with van der Waals surface area (Å²) >= 11 is 0. The lowest BCUT2D eigenvalue weighted by atomic mass is 9.98. The van der Waals surface area contributed by atoms with E-state index in [-0.39, 0.29) is 11.9 Å². The average molecular weight is 386 g/mol. The Morgan fingerprint density at radius 1 is 1.03 bits per heavy atom. The lowest BCUT2D eigenvalue weighted by molar-refractivity contribution is 0.143. The van der Waals surface area contributed by atoms with Crippen LogP contribution in [0.1, 0.15) is 29.0 Å². The number of anilines is 1. The molecule has 0 radical (unpaired) electrons. The molecule has 3 aromatic rings. The lowest BCUT2D eigenvalue weighted by Gasteiger charge is -2.14. The van der Waals surface area contributed by atoms with E-state index in [4.69, 9.17) is 10.5 Å². The molecule has 1 amide bonds. The number of fused-ring (bicyclic) bond motifs is 3. The largest absolute Gasteiger partial charge is 0.449 e. The second kappa shape index (κ2) is 8.56. The van der Waals surface area contributed by atoms with Crippen LogP contribution in [0.5, 0.6) is 0 Å². The zero-order valence-corrected chi connectivity index (χ0v) is 15.9. The van der Waals surface area contributed by atoms with E-state index in [0.717, 1.165) is 5.56 Å². The predicted octanol–water partition coefficient (Wildman–Crippen LogP) is 4.00. The van der Waals surface area contributed by atoms with E-state index >= 15 is 0 Å². The number of aromatic nitrogens is 2. The van der Waals surface area contributed by atoms with E-state index in [1.165, 1.54) is 22.3 Å². The molecule has 1 aliphatic rings. The number of ether oxygens (including phenoxy) is 1. The molecule has 6 nitrogen and oxygen atoms in total. The van der Waals surface area contributed by atoms with Crippen molar-refractivity contribution in [3.63, 3.8) is 0 Å². The summed E-state index contributed by atoms with van der Waals surface area (Å²) in [6, 6.07) is 16.6. The Morgan fingerprint density at radius 2 is 1.66 bits per heavy atom. The number of nitrogens with one attached hydrogen (secondary N) is 1. The van der Waals surface area contributed by atoms with E-state index in [1.54, 1.807) is 12.4 Å². The first-order valence-corrected chi connectivity index (χ1v) is 9.55. The molecule has 2 aromatic carbocycles. The maximum absolute atomic E-state index is 12.1. The van der Waals surface area contributed by atoms with Crippen molar-refractivity contribution in [1.29, 1.82) is 0 Å². The van der Waals surface area contributed by atoms with Crippen LogP contribution in [-0.2, 0) is 4.74 Å². The number of alkyl carbamates (subject to hydrolysis) is 1. The second-order valence-corrected chi connectivity index (χ2v) is 6.82. The molecule has 0 aliphatic heterocycles. The van der Waals surface area contributed by atoms with Gasteiger partial charge in [-0.3, -0.25) is 0 Å². The molecule has 3 N–H and O–H groups in total. The van der Waals surface area contributed by atoms with E-state index < -0.39 is 6.09 Å². The molecule has 146 valence electrons. The Labute approximate surface area is 169 Å². The Morgan fingerprint density at radius 3 is 2.31 bits per heavy atom. The van der Waals surface area contributed by atoms with Crippen molar-refractivity contribution in [3.8, 4) is 11.1 Å². The van der Waals surface area contributed by atoms with Gasteiger partial charge in [0, 0.05) is 30.4 Å². The fourth-order valence-corrected chi connectivity index (χ4v) is 3.56. The smallest absolute Gasteiger partial charge is 0.407 e. The molecule has 1 heterocycles. The van der Waals surface area contributed by atoms with Gasteiger partial charge in [-0.25, -0.2) is 14.8 Å². The highest BCUT2D eigenvalue weighted by Crippen LogP contribution is 2.44. The molecule has 29 heavy (non-hydrogen) atoms. The fraction of sp³-hybridized carbons (Fsp3) is 0.174. The maximum Gasteiger partial charge on any atom is 0.407 e. The molecule has 0 bridgehead atoms. The highest BCUT2D eigenvalue weighted by Gasteiger charge is 2.28. The molecular formula is C23H22N4O2. The molecule has 1 aromatic heterocycles. The second-order valence-electron chi connectivity index (χ2n) is 6.82. The van der Waals surface area contributed by atoms with Gasteiger partial charge in [0.15, 0.2) is 0 Å². The number of nitrogen functional groups attached to an aromatic ring is 1. The number of carbonyl (C=O) groups excluding carboxylic acids is 1. The molecule has 6 heteroatoms. The van der Waals surface area contributed by atoms with Crippen molar-refractivity contribution >= 4 is 18.1 Å². The summed E-state index contributed by atoms with van der Waals surface area (Å²) in [4.78, 5) is 20.0. The zero-order chi connectivity index (χ0) is 20.1. The Bertz CT molecular complexity index is 986. The molecule has 0 saturated heterocycles. The minimum Gasteiger partial charge on any atom is -0.449 e. The van der Waals surface area contributed by atoms with Crippen LogP contribution in [0.15, 0.2) is 67.0 Å². The van der Waals surface area contributed by atoms with Crippen LogP contribution >= 0.6 is 0 Å². The first kappa shape index (κ1) is 18.7. The number of hydrogen-bond donors (Lipinski definition) is 2. The summed E-state index contributed by atoms with van der Waals surface area (Å²) < 4.78 is 5.51. The van der Waals surface area contributed by atoms with Crippen LogP contribution in [0.3, 0.4) is 0 Å². The van der Waals surface area contributed by atoms with Gasteiger partial charge in [-0.1, -0.05) is 60.7 Å². The lowest BCUT2D eigenvalue weighted by Crippen LogP contribution is -2.26. The van der Waals surface area contributed by atoms with Crippen molar-refractivity contribution in [2.24, 2.45) is 0 Å². The zero-order valence-electron chi connectivity index (χ0n) is 15.9. The molecule has 0 saturated carbocycles. The Balaban J connectivity index is 1.27. The third kappa shape index (κ3) is 4.27. The maximum atomic E-state index is 12.1. The van der Waals surface area contributed by atoms with Crippen molar-refractivity contribution in [2.45, 2.75) is 12.3 Å². The molecule has 0 unspecified atom stereocenters. The number of nitrogens with zero attached hydrogens (tertiary/aromatic N) is 2. The SMILES string of the molecule is Nc1ncc(C=CCCNC(=O)OCC2c3ccccc3-c3ccccc32)cn1. The standard InChI is InChI=1S/C23H22N4O2/c24-22-26-13-16(14-27-22)7-5-6-12-25-23(28)29-15-21-19-10-3-1-8-17(19)18-9-2-4-11-20(18)21/h1-5,7-11,13-14,21H,6,12,15H2,(H,25,28)(H2,24,26,27). The van der Waals surface area contributed by atoms with Gasteiger partial charge >= 0.3 is 6.09 Å². The van der Waals surface area contributed by atoms with E-state index in [0.29, 0.717) is 19.6 Å². The summed E-state index contributed by atoms with van der Waals surface area (Å²) in [5, 5.41) is 2.79. The van der Waals surface area contributed by atoms with Gasteiger partial charge < -0.3 is 15.8 Å². The van der Waals surface area contributed by atoms with Crippen LogP contribution in [0.2, 0.25) is 0 Å². The normalized spacial score (nSPS) is 12.6. The highest BCUT2D eigenvalue weighted by atomic mass is 16.5. The van der Waals surface area contributed by atoms with Gasteiger partial charge in [0.25, 0.3) is 0 Å². The van der Waals surface area contributed by atoms with Crippen LogP contribution in [0.25, 0.3) is 17.2 Å². The van der Waals surface area contributed by atoms with Crippen LogP contribution in [-0.4, -0.2) is 29.2 Å². The summed E-state index contributed by atoms with van der Waals surface area (Å²) in [7, 11) is 0. The van der Waals surface area contributed by atoms with Gasteiger partial charge in [0.2, 0.25) is 5.95 Å². The minimum absolute atomic E-state index is 0.0681. The minimum atomic E-state index is -0.406. The van der Waals surface area contributed by atoms with Crippen molar-refractivity contribution in [1.82, 2.24) is 15.3 Å². The highest BCUT2D eigenvalue weighted by molar-refractivity contribution is 5.79. The summed E-state index contributed by atoms with van der Waals surface area (Å²) in [5.41, 5.74) is 11.2. The first-order chi connectivity index (χ1) is 14.2. The molecule has 4 rings (SSSR count). The average Bonchev–Trinajstić information content (AvgIpc) is 3.07. The van der Waals surface area contributed by atoms with Crippen molar-refractivity contribution in [2.75, 3.05) is 18.9 Å². The predicted molar refractivity (Wildman–Crippen MR) is 113 cm³/mol. The summed E-state index contributed by atoms with van der Waals surface area (Å²) in [6.45, 7) is 0.807. The van der Waals surface area contributed by atoms with Crippen molar-refractivity contribution < 1.29 is 9.53 Å². The number of amides is 1. The van der Waals surface area contributed by atoms with Gasteiger partial charge in [0.1, 0.15) is 6.61 Å². The van der Waals surface area contributed by atoms with E-state index in [9.17, 15) is 4.79 Å². The third-order valence-corrected chi connectivity index (χ3v) is 4.93. The van der Waals surface area contributed by atoms with E-state index in [1.807, 2.05) is 36.4 Å². The number of carbonyl (C=O) groups is 1. The molecular weight excluding hydrogens is 364 g/mol. The van der Waals surface area contributed by atoms with Crippen LogP contribution < -0.4 is 11.1 Å². The molecule has 0 atom stereocenters. The Hall–Kier alpha value is -3.67.